The summed E-state index contributed by atoms with van der Waals surface area (Å²) in [4.78, 5) is 152. The summed E-state index contributed by atoms with van der Waals surface area (Å²) in [7, 11) is 4.76. The number of methoxy groups -OCH3 is 3. The van der Waals surface area contributed by atoms with Crippen LogP contribution in [0.1, 0.15) is 234 Å². The standard InChI is InChI=1S/C34H43N4O6.C33H41N4O6.C32H39N4O6.3V/c1-34(2,3)24-18-31(40)43-29-12-8-10-21(29)9-6-5-7-11-26-32(37-27-17-22(42-4)13-14-25(27)36-26)44-30-19-38(33(24)41)28(20-39)23(30)15-16-35;1-32(2,3)23-16-29(39)43-33(4)17-20(33)9-7-6-8-10-25-30(36-26-15-21(41-5)11-12-24(26)35-25)42-28-18-37(31(23)40)27(19-38)22(28)13-14-34;1-32(2,3)22-16-29(38)41-27-14-19(27)8-6-5-7-9-24-30(35-25-15-20(40-4)10-11-23(25)34-24)42-28-17-36(31(22)39)26(18-37)21(28)12-13-33;;;/h13-14,17,21,23-24,28-30H,5-12,15,18-19H2,1-4H3;11-12,15,20,22-23,27-28H,6-10,13,16-18H2,1-5H3;10-11,15,19,21-22,26-28H,5-9,12,14,16-17H2,1-4H3;;;/q3*-1;;;/t21-,23+,24-,28-,29-,30+;20-,22+,23-,27-,28+,33-;19-,21+,22-,26-,27-,28+;;;/m111.../s1. The Morgan fingerprint density at radius 1 is 0.409 bits per heavy atom. The Hall–Kier alpha value is -9.47. The van der Waals surface area contributed by atoms with Gasteiger partial charge in [0.05, 0.1) is 129 Å². The molecule has 0 unspecified atom stereocenters. The second-order valence-electron chi connectivity index (χ2n) is 39.8. The molecular weight excluding hydrogens is 1800 g/mol. The Morgan fingerprint density at radius 3 is 1.08 bits per heavy atom. The molecule has 6 fully saturated rings. The number of hydrogen-bond donors (Lipinski definition) is 0. The Bertz CT molecular complexity index is 5260. The van der Waals surface area contributed by atoms with E-state index >= 15 is 0 Å². The van der Waals surface area contributed by atoms with Gasteiger partial charge in [0, 0.05) is 117 Å². The number of nitriles is 3. The van der Waals surface area contributed by atoms with Gasteiger partial charge in [0.2, 0.25) is 35.4 Å². The summed E-state index contributed by atoms with van der Waals surface area (Å²) in [5.41, 5.74) is 3.79. The second-order valence-corrected chi connectivity index (χ2v) is 39.8. The van der Waals surface area contributed by atoms with E-state index in [4.69, 9.17) is 72.5 Å². The summed E-state index contributed by atoms with van der Waals surface area (Å²) in [5, 5.41) is 29.0. The van der Waals surface area contributed by atoms with Crippen molar-refractivity contribution in [2.24, 2.45) is 69.5 Å². The molecule has 3 saturated carbocycles. The average Bonchev–Trinajstić information content (AvgIpc) is 1.64. The van der Waals surface area contributed by atoms with Crippen LogP contribution in [0.2, 0.25) is 0 Å². The van der Waals surface area contributed by atoms with E-state index in [1.807, 2.05) is 124 Å². The monoisotopic (exact) mass is 1920 g/mol. The molecule has 3 amide bonds. The van der Waals surface area contributed by atoms with Crippen molar-refractivity contribution < 1.29 is 141 Å². The number of carbonyl (C=O) groups is 6. The first-order valence-corrected chi connectivity index (χ1v) is 46.0. The fourth-order valence-electron chi connectivity index (χ4n) is 19.8. The number of esters is 3. The summed E-state index contributed by atoms with van der Waals surface area (Å²) < 4.78 is 53.4. The van der Waals surface area contributed by atoms with Crippen molar-refractivity contribution in [2.45, 2.75) is 290 Å². The minimum Gasteiger partial charge on any atom is -0.540 e. The summed E-state index contributed by atoms with van der Waals surface area (Å²) in [6.07, 6.45) is 21.4. The summed E-state index contributed by atoms with van der Waals surface area (Å²) in [6, 6.07) is 20.0. The van der Waals surface area contributed by atoms with Crippen LogP contribution in [-0.2, 0) is 132 Å². The van der Waals surface area contributed by atoms with Crippen molar-refractivity contribution in [1.29, 1.82) is 15.8 Å². The van der Waals surface area contributed by atoms with Gasteiger partial charge < -0.3 is 71.7 Å². The zero-order valence-electron chi connectivity index (χ0n) is 78.1. The fraction of sp³-hybridized carbons (Fsp3) is 0.636. The Morgan fingerprint density at radius 2 is 0.742 bits per heavy atom. The molecule has 15 rings (SSSR count). The van der Waals surface area contributed by atoms with Crippen LogP contribution >= 0.6 is 0 Å². The van der Waals surface area contributed by atoms with Gasteiger partial charge in [-0.25, -0.2) is 48.8 Å². The van der Waals surface area contributed by atoms with Crippen LogP contribution < -0.4 is 28.4 Å². The third-order valence-corrected chi connectivity index (χ3v) is 27.8. The maximum Gasteiger partial charge on any atom is 0.307 e. The van der Waals surface area contributed by atoms with Crippen LogP contribution in [0.15, 0.2) is 54.6 Å². The van der Waals surface area contributed by atoms with Crippen molar-refractivity contribution in [3.05, 3.63) is 71.7 Å². The molecule has 705 valence electrons. The van der Waals surface area contributed by atoms with Crippen molar-refractivity contribution in [1.82, 2.24) is 44.6 Å². The van der Waals surface area contributed by atoms with E-state index in [-0.39, 0.29) is 150 Å². The molecule has 9 aliphatic rings. The largest absolute Gasteiger partial charge is 0.540 e. The smallest absolute Gasteiger partial charge is 0.307 e. The molecule has 0 spiro atoms. The third-order valence-electron chi connectivity index (χ3n) is 27.8. The maximum absolute atomic E-state index is 14.2. The molecule has 6 aromatic rings. The van der Waals surface area contributed by atoms with Crippen LogP contribution in [-0.4, -0.2) is 194 Å². The van der Waals surface area contributed by atoms with Crippen LogP contribution in [0.25, 0.3) is 33.1 Å². The number of rotatable bonds is 9. The minimum atomic E-state index is -0.998. The Labute approximate surface area is 809 Å². The van der Waals surface area contributed by atoms with Gasteiger partial charge in [-0.3, -0.25) is 28.8 Å². The van der Waals surface area contributed by atoms with Gasteiger partial charge in [0.15, 0.2) is 0 Å². The molecule has 3 aromatic heterocycles. The number of aromatic nitrogens is 6. The second kappa shape index (κ2) is 45.7. The van der Waals surface area contributed by atoms with Crippen LogP contribution in [0.4, 0.5) is 0 Å². The quantitative estimate of drug-likeness (QED) is 0.0737. The Balaban J connectivity index is 0.000000203. The van der Waals surface area contributed by atoms with Gasteiger partial charge in [0.25, 0.3) is 0 Å². The normalized spacial score (nSPS) is 28.5. The molecule has 9 heterocycles. The maximum atomic E-state index is 14.2. The van der Waals surface area contributed by atoms with Crippen LogP contribution in [0, 0.1) is 103 Å². The first-order valence-electron chi connectivity index (χ1n) is 46.0. The van der Waals surface area contributed by atoms with Crippen molar-refractivity contribution in [3.63, 3.8) is 0 Å². The van der Waals surface area contributed by atoms with E-state index in [1.54, 1.807) is 39.5 Å². The van der Waals surface area contributed by atoms with E-state index in [0.29, 0.717) is 117 Å². The number of aryl methyl sites for hydroxylation is 3. The van der Waals surface area contributed by atoms with E-state index in [9.17, 15) is 58.9 Å². The summed E-state index contributed by atoms with van der Waals surface area (Å²) in [5.74, 6) is -2.36. The fourth-order valence-corrected chi connectivity index (χ4v) is 19.8. The molecule has 18 atom stereocenters. The average molecular weight is 1920 g/mol. The summed E-state index contributed by atoms with van der Waals surface area (Å²) in [6.45, 7) is 19.3. The molecular formula is C99H123N12O18V3-3. The van der Waals surface area contributed by atoms with E-state index in [0.717, 1.165) is 115 Å². The third kappa shape index (κ3) is 25.0. The molecule has 30 nitrogen and oxygen atoms in total. The number of nitrogens with zero attached hydrogens (tertiary/aromatic N) is 12. The van der Waals surface area contributed by atoms with Crippen molar-refractivity contribution in [3.8, 4) is 53.1 Å². The van der Waals surface area contributed by atoms with E-state index in [2.05, 4.69) is 18.2 Å². The summed E-state index contributed by atoms with van der Waals surface area (Å²) >= 11 is 0. The first-order chi connectivity index (χ1) is 61.7. The van der Waals surface area contributed by atoms with Crippen molar-refractivity contribution >= 4 is 87.6 Å². The number of fused-ring (bicyclic) bond motifs is 15. The van der Waals surface area contributed by atoms with E-state index in [1.165, 1.54) is 14.7 Å². The van der Waals surface area contributed by atoms with E-state index < -0.39 is 106 Å². The van der Waals surface area contributed by atoms with Crippen molar-refractivity contribution in [2.75, 3.05) is 41.0 Å². The predicted octanol–water partition coefficient (Wildman–Crippen LogP) is 14.2. The number of ether oxygens (including phenoxy) is 9. The van der Waals surface area contributed by atoms with Gasteiger partial charge in [-0.1, -0.05) is 119 Å². The van der Waals surface area contributed by atoms with Gasteiger partial charge in [-0.15, -0.1) is 0 Å². The van der Waals surface area contributed by atoms with Crippen LogP contribution in [0.5, 0.6) is 34.9 Å². The molecule has 33 heteroatoms. The molecule has 3 radical (unpaired) electrons. The molecule has 3 aliphatic carbocycles. The molecule has 6 bridgehead atoms. The number of amides is 3. The molecule has 6 aliphatic heterocycles. The van der Waals surface area contributed by atoms with Gasteiger partial charge >= 0.3 is 17.9 Å². The van der Waals surface area contributed by atoms with Gasteiger partial charge in [0.1, 0.15) is 70.5 Å². The molecule has 0 N–H and O–H groups in total. The molecule has 132 heavy (non-hydrogen) atoms. The number of carbonyl (C=O) groups excluding carboxylic acids is 9. The van der Waals surface area contributed by atoms with Crippen LogP contribution in [0.3, 0.4) is 0 Å². The Kier molecular flexibility index (Phi) is 36.2. The molecule has 3 aromatic carbocycles. The SMILES string of the molecule is COc1ccc2nc3c(nc2c1)O[C@H]1CN(C(=O)[C@H](C(C)(C)C)CC(=O)O[C@@H]2CCC[C@H]2CCCCC3)[C@H]([C-]=O)[C@@H]1CC#N.COc1ccc2nc3c(nc2c1)O[C@H]1CN(C(=O)[C@H](C(C)(C)C)CC(=O)O[C@@H]2C[C@H]2CCCCC3)[C@H]([C-]=O)[C@@H]1CC#N.COc1ccc2nc3c(nc2c1)O[C@H]1CN(C(=O)[C@H](C(C)(C)C)CC(=O)O[C@]2(C)C[C@H]2CCCCC3)[C@H]([C-]=O)[C@@H]1CC#N.[V].[V].[V]. The molecule has 3 saturated heterocycles. The zero-order chi connectivity index (χ0) is 92.4. The number of hydrogen-bond acceptors (Lipinski definition) is 27. The topological polar surface area (TPSA) is 395 Å². The zero-order valence-corrected chi connectivity index (χ0v) is 82.3. The minimum absolute atomic E-state index is 0. The first kappa shape index (κ1) is 105. The number of benzene rings is 3. The van der Waals surface area contributed by atoms with Gasteiger partial charge in [-0.05, 0) is 161 Å². The predicted molar refractivity (Wildman–Crippen MR) is 473 cm³/mol. The van der Waals surface area contributed by atoms with Gasteiger partial charge in [-0.2, -0.15) is 15.8 Å².